The van der Waals surface area contributed by atoms with Gasteiger partial charge >= 0.3 is 0 Å². The minimum Gasteiger partial charge on any atom is -0.0622 e. The molecule has 0 aromatic heterocycles. The van der Waals surface area contributed by atoms with Crippen molar-refractivity contribution in [2.75, 3.05) is 0 Å². The zero-order valence-corrected chi connectivity index (χ0v) is 36.9. The number of aryl methyl sites for hydroxylation is 3. The van der Waals surface area contributed by atoms with Crippen LogP contribution < -0.4 is 0 Å². The molecule has 0 bridgehead atoms. The van der Waals surface area contributed by atoms with Crippen LogP contribution in [0.25, 0.3) is 77.9 Å². The number of rotatable bonds is 6. The van der Waals surface area contributed by atoms with Gasteiger partial charge in [-0.3, -0.25) is 0 Å². The van der Waals surface area contributed by atoms with Crippen molar-refractivity contribution in [1.29, 1.82) is 0 Å². The molecule has 10 aromatic carbocycles. The summed E-state index contributed by atoms with van der Waals surface area (Å²) in [6, 6.07) is 89.0. The van der Waals surface area contributed by atoms with Crippen LogP contribution in [0.4, 0.5) is 0 Å². The fourth-order valence-corrected chi connectivity index (χ4v) is 8.41. The molecule has 0 spiro atoms. The van der Waals surface area contributed by atoms with Gasteiger partial charge in [0.05, 0.1) is 0 Å². The summed E-state index contributed by atoms with van der Waals surface area (Å²) in [7, 11) is 0. The van der Waals surface area contributed by atoms with Gasteiger partial charge in [-0.05, 0) is 134 Å². The van der Waals surface area contributed by atoms with Crippen LogP contribution in [0.3, 0.4) is 0 Å². The van der Waals surface area contributed by atoms with Crippen LogP contribution in [0.5, 0.6) is 0 Å². The van der Waals surface area contributed by atoms with Gasteiger partial charge in [0.15, 0.2) is 0 Å². The Morgan fingerprint density at radius 1 is 0.203 bits per heavy atom. The van der Waals surface area contributed by atoms with Crippen molar-refractivity contribution in [3.05, 3.63) is 277 Å². The van der Waals surface area contributed by atoms with E-state index in [-0.39, 0.29) is 0 Å². The van der Waals surface area contributed by atoms with Crippen molar-refractivity contribution < 1.29 is 0 Å². The van der Waals surface area contributed by atoms with E-state index < -0.39 is 0 Å². The molecule has 0 aliphatic heterocycles. The highest BCUT2D eigenvalue weighted by Gasteiger charge is 2.18. The lowest BCUT2D eigenvalue weighted by molar-refractivity contribution is 1.26. The van der Waals surface area contributed by atoms with Gasteiger partial charge in [-0.25, -0.2) is 0 Å². The molecular weight excluding hydrogens is 769 g/mol. The zero-order valence-electron chi connectivity index (χ0n) is 36.9. The van der Waals surface area contributed by atoms with E-state index in [1.807, 2.05) is 12.1 Å². The lowest BCUT2D eigenvalue weighted by atomic mass is 9.95. The van der Waals surface area contributed by atoms with Crippen LogP contribution in [0, 0.1) is 20.8 Å². The minimum absolute atomic E-state index is 1.05. The second-order valence-corrected chi connectivity index (χ2v) is 16.8. The highest BCUT2D eigenvalue weighted by Crippen LogP contribution is 2.39. The fourth-order valence-electron chi connectivity index (χ4n) is 8.41. The van der Waals surface area contributed by atoms with E-state index in [4.69, 9.17) is 0 Å². The van der Waals surface area contributed by atoms with E-state index in [0.717, 1.165) is 6.42 Å². The van der Waals surface area contributed by atoms with E-state index in [2.05, 4.69) is 257 Å². The molecule has 0 saturated carbocycles. The third-order valence-corrected chi connectivity index (χ3v) is 12.1. The van der Waals surface area contributed by atoms with Crippen molar-refractivity contribution in [1.82, 2.24) is 0 Å². The van der Waals surface area contributed by atoms with E-state index in [0.29, 0.717) is 0 Å². The molecule has 0 atom stereocenters. The van der Waals surface area contributed by atoms with Crippen LogP contribution >= 0.6 is 0 Å². The summed E-state index contributed by atoms with van der Waals surface area (Å²) in [6.07, 6.45) is 1.05. The highest BCUT2D eigenvalue weighted by molar-refractivity contribution is 5.83. The first-order valence-corrected chi connectivity index (χ1v) is 22.3. The standard InChI is InChI=1S/C26H20.2C19H16/c1-18-9-11-19(12-10-18)20-6-4-7-21(15-20)22-13-14-24-16-23-5-2-3-8-25(23)26(24)17-22;1-15-10-12-17(13-11-15)19-9-5-8-18(14-19)16-6-3-2-4-7-16;1-15-7-9-17(10-8-15)19-13-11-18(12-14-19)16-5-3-2-4-6-16/h2-15,17H,16H2,1H3;2*2-14H,1H3. The van der Waals surface area contributed by atoms with Gasteiger partial charge in [-0.2, -0.15) is 0 Å². The van der Waals surface area contributed by atoms with Gasteiger partial charge in [0, 0.05) is 0 Å². The largest absolute Gasteiger partial charge is 0.0622 e. The molecule has 0 fully saturated rings. The lowest BCUT2D eigenvalue weighted by Gasteiger charge is -2.09. The predicted molar refractivity (Wildman–Crippen MR) is 274 cm³/mol. The first-order chi connectivity index (χ1) is 31.4. The monoisotopic (exact) mass is 820 g/mol. The van der Waals surface area contributed by atoms with E-state index in [9.17, 15) is 0 Å². The number of hydrogen-bond acceptors (Lipinski definition) is 0. The summed E-state index contributed by atoms with van der Waals surface area (Å²) in [5.41, 5.74) is 24.7. The molecule has 1 aliphatic rings. The van der Waals surface area contributed by atoms with Crippen LogP contribution in [0.2, 0.25) is 0 Å². The predicted octanol–water partition coefficient (Wildman–Crippen LogP) is 17.6. The van der Waals surface area contributed by atoms with Crippen LogP contribution in [0.15, 0.2) is 249 Å². The Balaban J connectivity index is 0.000000124. The Kier molecular flexibility index (Phi) is 12.7. The Morgan fingerprint density at radius 3 is 0.938 bits per heavy atom. The highest BCUT2D eigenvalue weighted by atomic mass is 14.2. The zero-order chi connectivity index (χ0) is 43.7. The molecule has 64 heavy (non-hydrogen) atoms. The van der Waals surface area contributed by atoms with Crippen LogP contribution in [-0.4, -0.2) is 0 Å². The van der Waals surface area contributed by atoms with Crippen molar-refractivity contribution in [2.45, 2.75) is 27.2 Å². The molecule has 0 heterocycles. The average Bonchev–Trinajstić information content (AvgIpc) is 3.74. The van der Waals surface area contributed by atoms with Gasteiger partial charge in [-0.1, -0.05) is 247 Å². The minimum atomic E-state index is 1.05. The maximum absolute atomic E-state index is 2.36. The molecule has 1 aliphatic carbocycles. The lowest BCUT2D eigenvalue weighted by Crippen LogP contribution is -1.85. The molecule has 0 radical (unpaired) electrons. The molecule has 308 valence electrons. The van der Waals surface area contributed by atoms with Crippen LogP contribution in [0.1, 0.15) is 27.8 Å². The Hall–Kier alpha value is -7.80. The second-order valence-electron chi connectivity index (χ2n) is 16.8. The summed E-state index contributed by atoms with van der Waals surface area (Å²) < 4.78 is 0. The van der Waals surface area contributed by atoms with E-state index in [1.54, 1.807) is 0 Å². The summed E-state index contributed by atoms with van der Waals surface area (Å²) in [6.45, 7) is 6.36. The summed E-state index contributed by atoms with van der Waals surface area (Å²) in [5.74, 6) is 0. The Morgan fingerprint density at radius 2 is 0.484 bits per heavy atom. The maximum atomic E-state index is 2.36. The number of fused-ring (bicyclic) bond motifs is 3. The molecule has 0 N–H and O–H groups in total. The van der Waals surface area contributed by atoms with Gasteiger partial charge < -0.3 is 0 Å². The summed E-state index contributed by atoms with van der Waals surface area (Å²) >= 11 is 0. The first kappa shape index (κ1) is 41.5. The molecular formula is C64H52. The third-order valence-electron chi connectivity index (χ3n) is 12.1. The number of hydrogen-bond donors (Lipinski definition) is 0. The summed E-state index contributed by atoms with van der Waals surface area (Å²) in [4.78, 5) is 0. The number of benzene rings is 10. The van der Waals surface area contributed by atoms with Gasteiger partial charge in [0.1, 0.15) is 0 Å². The quantitative estimate of drug-likeness (QED) is 0.157. The molecule has 10 aromatic rings. The van der Waals surface area contributed by atoms with Gasteiger partial charge in [0.2, 0.25) is 0 Å². The first-order valence-electron chi connectivity index (χ1n) is 22.3. The second kappa shape index (κ2) is 19.5. The van der Waals surface area contributed by atoms with Gasteiger partial charge in [0.25, 0.3) is 0 Å². The normalized spacial score (nSPS) is 11.0. The van der Waals surface area contributed by atoms with Crippen molar-refractivity contribution >= 4 is 0 Å². The molecule has 0 unspecified atom stereocenters. The molecule has 11 rings (SSSR count). The molecule has 0 saturated heterocycles. The van der Waals surface area contributed by atoms with E-state index >= 15 is 0 Å². The van der Waals surface area contributed by atoms with Crippen molar-refractivity contribution in [3.8, 4) is 77.9 Å². The Labute approximate surface area is 379 Å². The summed E-state index contributed by atoms with van der Waals surface area (Å²) in [5, 5.41) is 0. The van der Waals surface area contributed by atoms with Crippen LogP contribution in [-0.2, 0) is 6.42 Å². The fraction of sp³-hybridized carbons (Fsp3) is 0.0625. The SMILES string of the molecule is Cc1ccc(-c2ccc(-c3ccccc3)cc2)cc1.Cc1ccc(-c2cccc(-c3ccc4c(c3)-c3ccccc3C4)c2)cc1.Cc1ccc(-c2cccc(-c3ccccc3)c2)cc1. The molecule has 0 nitrogen and oxygen atoms in total. The molecule has 0 amide bonds. The van der Waals surface area contributed by atoms with Gasteiger partial charge in [-0.15, -0.1) is 0 Å². The molecule has 0 heteroatoms. The van der Waals surface area contributed by atoms with Crippen molar-refractivity contribution in [2.24, 2.45) is 0 Å². The maximum Gasteiger partial charge on any atom is -0.00134 e. The smallest absolute Gasteiger partial charge is 0.00134 e. The average molecular weight is 821 g/mol. The third kappa shape index (κ3) is 9.94. The topological polar surface area (TPSA) is 0 Å². The van der Waals surface area contributed by atoms with E-state index in [1.165, 1.54) is 106 Å². The Bertz CT molecular complexity index is 3080. The van der Waals surface area contributed by atoms with Crippen molar-refractivity contribution in [3.63, 3.8) is 0 Å².